The monoisotopic (exact) mass is 373 g/mol. The quantitative estimate of drug-likeness (QED) is 0.648. The minimum Gasteiger partial charge on any atom is -0.349 e. The minimum atomic E-state index is -3.79. The molecule has 0 aliphatic heterocycles. The topological polar surface area (TPSA) is 104 Å². The Balaban J connectivity index is 2.10. The maximum Gasteiger partial charge on any atom is 0.261 e. The third kappa shape index (κ3) is 5.18. The van der Waals surface area contributed by atoms with Crippen LogP contribution in [0.25, 0.3) is 0 Å². The molecule has 0 fully saturated rings. The van der Waals surface area contributed by atoms with Crippen LogP contribution in [-0.4, -0.2) is 26.8 Å². The van der Waals surface area contributed by atoms with Gasteiger partial charge >= 0.3 is 0 Å². The molecule has 0 spiro atoms. The number of carbonyl (C=O) groups is 2. The van der Waals surface area contributed by atoms with E-state index >= 15 is 0 Å². The van der Waals surface area contributed by atoms with E-state index < -0.39 is 10.0 Å². The number of sulfonamides is 1. The molecule has 0 atom stereocenters. The van der Waals surface area contributed by atoms with Crippen LogP contribution < -0.4 is 15.4 Å². The average molecular weight is 373 g/mol. The fourth-order valence-electron chi connectivity index (χ4n) is 2.09. The highest BCUT2D eigenvalue weighted by Gasteiger charge is 2.15. The van der Waals surface area contributed by atoms with Crippen molar-refractivity contribution in [2.75, 3.05) is 16.6 Å². The molecule has 7 nitrogen and oxygen atoms in total. The average Bonchev–Trinajstić information content (AvgIpc) is 2.61. The molecule has 26 heavy (non-hydrogen) atoms. The van der Waals surface area contributed by atoms with Crippen molar-refractivity contribution in [2.24, 2.45) is 0 Å². The van der Waals surface area contributed by atoms with Gasteiger partial charge in [-0.25, -0.2) is 8.42 Å². The van der Waals surface area contributed by atoms with Gasteiger partial charge in [-0.1, -0.05) is 6.08 Å². The van der Waals surface area contributed by atoms with Crippen molar-refractivity contribution in [3.05, 3.63) is 66.7 Å². The fraction of sp³-hybridized carbons (Fsp3) is 0.111. The lowest BCUT2D eigenvalue weighted by molar-refractivity contribution is -0.114. The van der Waals surface area contributed by atoms with Gasteiger partial charge in [0.2, 0.25) is 5.91 Å². The summed E-state index contributed by atoms with van der Waals surface area (Å²) >= 11 is 0. The van der Waals surface area contributed by atoms with Crippen LogP contribution in [0.1, 0.15) is 17.3 Å². The van der Waals surface area contributed by atoms with Crippen molar-refractivity contribution >= 4 is 33.2 Å². The summed E-state index contributed by atoms with van der Waals surface area (Å²) in [5, 5.41) is 5.21. The van der Waals surface area contributed by atoms with Gasteiger partial charge in [-0.3, -0.25) is 14.3 Å². The molecule has 0 aromatic heterocycles. The molecule has 0 aliphatic rings. The number of anilines is 2. The van der Waals surface area contributed by atoms with E-state index in [1.807, 2.05) is 0 Å². The molecule has 0 unspecified atom stereocenters. The van der Waals surface area contributed by atoms with Gasteiger partial charge in [0.25, 0.3) is 15.9 Å². The number of carbonyl (C=O) groups excluding carboxylic acids is 2. The summed E-state index contributed by atoms with van der Waals surface area (Å²) in [6, 6.07) is 11.9. The minimum absolute atomic E-state index is 0.0312. The molecule has 136 valence electrons. The van der Waals surface area contributed by atoms with Gasteiger partial charge in [0.1, 0.15) is 0 Å². The van der Waals surface area contributed by atoms with E-state index in [1.54, 1.807) is 30.3 Å². The van der Waals surface area contributed by atoms with Crippen LogP contribution in [0.2, 0.25) is 0 Å². The molecule has 2 aromatic carbocycles. The molecule has 8 heteroatoms. The Morgan fingerprint density at radius 2 is 1.58 bits per heavy atom. The highest BCUT2D eigenvalue weighted by atomic mass is 32.2. The SMILES string of the molecule is C=CCNC(=O)c1ccc(S(=O)(=O)Nc2ccc(NC(C)=O)cc2)cc1. The summed E-state index contributed by atoms with van der Waals surface area (Å²) < 4.78 is 27.3. The number of hydrogen-bond acceptors (Lipinski definition) is 4. The molecule has 2 rings (SSSR count). The van der Waals surface area contributed by atoms with Crippen LogP contribution in [0.15, 0.2) is 66.1 Å². The van der Waals surface area contributed by atoms with E-state index in [2.05, 4.69) is 21.9 Å². The maximum absolute atomic E-state index is 12.4. The molecule has 0 bridgehead atoms. The lowest BCUT2D eigenvalue weighted by Gasteiger charge is -2.10. The number of benzene rings is 2. The Morgan fingerprint density at radius 3 is 2.12 bits per heavy atom. The second-order valence-electron chi connectivity index (χ2n) is 5.39. The first kappa shape index (κ1) is 19.2. The third-order valence-corrected chi connectivity index (χ3v) is 4.69. The van der Waals surface area contributed by atoms with Gasteiger partial charge in [0.05, 0.1) is 4.90 Å². The Morgan fingerprint density at radius 1 is 1.00 bits per heavy atom. The van der Waals surface area contributed by atoms with Crippen molar-refractivity contribution in [3.8, 4) is 0 Å². The van der Waals surface area contributed by atoms with Gasteiger partial charge in [0, 0.05) is 30.4 Å². The number of amides is 2. The standard InChI is InChI=1S/C18H19N3O4S/c1-3-12-19-18(23)14-4-10-17(11-5-14)26(24,25)21-16-8-6-15(7-9-16)20-13(2)22/h3-11,21H,1,12H2,2H3,(H,19,23)(H,20,22). The summed E-state index contributed by atoms with van der Waals surface area (Å²) in [7, 11) is -3.79. The van der Waals surface area contributed by atoms with Gasteiger partial charge in [-0.15, -0.1) is 6.58 Å². The zero-order chi connectivity index (χ0) is 19.2. The lowest BCUT2D eigenvalue weighted by Crippen LogP contribution is -2.23. The fourth-order valence-corrected chi connectivity index (χ4v) is 3.15. The van der Waals surface area contributed by atoms with E-state index in [1.165, 1.54) is 31.2 Å². The van der Waals surface area contributed by atoms with E-state index in [0.29, 0.717) is 23.5 Å². The first-order valence-electron chi connectivity index (χ1n) is 7.71. The van der Waals surface area contributed by atoms with Crippen molar-refractivity contribution in [2.45, 2.75) is 11.8 Å². The summed E-state index contributed by atoms with van der Waals surface area (Å²) in [6.07, 6.45) is 1.55. The van der Waals surface area contributed by atoms with Gasteiger partial charge < -0.3 is 10.6 Å². The molecule has 0 radical (unpaired) electrons. The Kier molecular flexibility index (Phi) is 6.13. The summed E-state index contributed by atoms with van der Waals surface area (Å²) in [6.45, 7) is 5.22. The Labute approximate surface area is 152 Å². The summed E-state index contributed by atoms with van der Waals surface area (Å²) in [4.78, 5) is 22.8. The van der Waals surface area contributed by atoms with Crippen LogP contribution in [0.5, 0.6) is 0 Å². The second kappa shape index (κ2) is 8.30. The number of rotatable bonds is 7. The van der Waals surface area contributed by atoms with E-state index in [-0.39, 0.29) is 16.7 Å². The van der Waals surface area contributed by atoms with Gasteiger partial charge in [0.15, 0.2) is 0 Å². The van der Waals surface area contributed by atoms with Crippen LogP contribution >= 0.6 is 0 Å². The highest BCUT2D eigenvalue weighted by Crippen LogP contribution is 2.19. The lowest BCUT2D eigenvalue weighted by atomic mass is 10.2. The zero-order valence-corrected chi connectivity index (χ0v) is 15.0. The normalized spacial score (nSPS) is 10.7. The van der Waals surface area contributed by atoms with Crippen molar-refractivity contribution in [1.29, 1.82) is 0 Å². The van der Waals surface area contributed by atoms with Crippen LogP contribution in [0.4, 0.5) is 11.4 Å². The molecular formula is C18H19N3O4S. The molecule has 0 aliphatic carbocycles. The molecule has 3 N–H and O–H groups in total. The largest absolute Gasteiger partial charge is 0.349 e. The third-order valence-electron chi connectivity index (χ3n) is 3.29. The smallest absolute Gasteiger partial charge is 0.261 e. The molecular weight excluding hydrogens is 354 g/mol. The Hall–Kier alpha value is -3.13. The van der Waals surface area contributed by atoms with Gasteiger partial charge in [-0.2, -0.15) is 0 Å². The first-order chi connectivity index (χ1) is 12.3. The highest BCUT2D eigenvalue weighted by molar-refractivity contribution is 7.92. The molecule has 2 aromatic rings. The van der Waals surface area contributed by atoms with Crippen molar-refractivity contribution in [3.63, 3.8) is 0 Å². The predicted molar refractivity (Wildman–Crippen MR) is 101 cm³/mol. The van der Waals surface area contributed by atoms with Crippen molar-refractivity contribution in [1.82, 2.24) is 5.32 Å². The molecule has 0 saturated carbocycles. The van der Waals surface area contributed by atoms with Crippen LogP contribution in [0.3, 0.4) is 0 Å². The molecule has 0 heterocycles. The molecule has 0 saturated heterocycles. The zero-order valence-electron chi connectivity index (χ0n) is 14.2. The van der Waals surface area contributed by atoms with E-state index in [0.717, 1.165) is 0 Å². The Bertz CT molecular complexity index is 904. The summed E-state index contributed by atoms with van der Waals surface area (Å²) in [5.74, 6) is -0.522. The second-order valence-corrected chi connectivity index (χ2v) is 7.07. The number of nitrogens with one attached hydrogen (secondary N) is 3. The predicted octanol–water partition coefficient (Wildman–Crippen LogP) is 2.36. The van der Waals surface area contributed by atoms with Crippen LogP contribution in [0, 0.1) is 0 Å². The molecule has 2 amide bonds. The summed E-state index contributed by atoms with van der Waals surface area (Å²) in [5.41, 5.74) is 1.27. The number of hydrogen-bond donors (Lipinski definition) is 3. The van der Waals surface area contributed by atoms with E-state index in [9.17, 15) is 18.0 Å². The first-order valence-corrected chi connectivity index (χ1v) is 9.20. The van der Waals surface area contributed by atoms with Gasteiger partial charge in [-0.05, 0) is 48.5 Å². The van der Waals surface area contributed by atoms with Crippen molar-refractivity contribution < 1.29 is 18.0 Å². The van der Waals surface area contributed by atoms with Crippen LogP contribution in [-0.2, 0) is 14.8 Å². The van der Waals surface area contributed by atoms with E-state index in [4.69, 9.17) is 0 Å². The maximum atomic E-state index is 12.4.